The molecule has 0 aliphatic heterocycles. The van der Waals surface area contributed by atoms with Crippen LogP contribution in [0.1, 0.15) is 31.9 Å². The fourth-order valence-electron chi connectivity index (χ4n) is 1.25. The molecule has 0 heterocycles. The Kier molecular flexibility index (Phi) is 4.05. The second-order valence-electron chi connectivity index (χ2n) is 4.52. The molecule has 0 radical (unpaired) electrons. The summed E-state index contributed by atoms with van der Waals surface area (Å²) in [6.07, 6.45) is -0.443. The summed E-state index contributed by atoms with van der Waals surface area (Å²) in [5.74, 6) is 0. The molecule has 1 rings (SSSR count). The van der Waals surface area contributed by atoms with Crippen molar-refractivity contribution in [3.63, 3.8) is 0 Å². The lowest BCUT2D eigenvalue weighted by molar-refractivity contribution is 0.0956. The Balaban J connectivity index is 2.72. The topological polar surface area (TPSA) is 56.0 Å². The van der Waals surface area contributed by atoms with Gasteiger partial charge in [0.25, 0.3) is 0 Å². The van der Waals surface area contributed by atoms with Crippen molar-refractivity contribution in [3.05, 3.63) is 35.4 Å². The second-order valence-corrected chi connectivity index (χ2v) is 4.52. The summed E-state index contributed by atoms with van der Waals surface area (Å²) in [5.41, 5.74) is 1.28. The van der Waals surface area contributed by atoms with Crippen molar-refractivity contribution in [2.75, 3.05) is 0 Å². The first kappa shape index (κ1) is 12.7. The maximum atomic E-state index is 9.56. The van der Waals surface area contributed by atoms with E-state index in [4.69, 9.17) is 5.26 Å². The third-order valence-corrected chi connectivity index (χ3v) is 2.92. The zero-order valence-corrected chi connectivity index (χ0v) is 9.99. The molecule has 1 aromatic carbocycles. The minimum atomic E-state index is -0.443. The van der Waals surface area contributed by atoms with Gasteiger partial charge in [0.05, 0.1) is 17.7 Å². The molecule has 0 fully saturated rings. The molecule has 1 unspecified atom stereocenters. The van der Waals surface area contributed by atoms with E-state index in [1.54, 1.807) is 13.0 Å². The minimum absolute atomic E-state index is 0.359. The Morgan fingerprint density at radius 3 is 2.62 bits per heavy atom. The molecule has 0 aliphatic carbocycles. The van der Waals surface area contributed by atoms with Crippen molar-refractivity contribution in [2.45, 2.75) is 39.0 Å². The van der Waals surface area contributed by atoms with E-state index in [-0.39, 0.29) is 5.54 Å². The number of benzene rings is 1. The first-order valence-corrected chi connectivity index (χ1v) is 5.38. The van der Waals surface area contributed by atoms with Gasteiger partial charge in [-0.3, -0.25) is 0 Å². The molecule has 0 saturated heterocycles. The number of nitrogens with zero attached hydrogens (tertiary/aromatic N) is 1. The van der Waals surface area contributed by atoms with Crippen molar-refractivity contribution in [3.8, 4) is 6.07 Å². The van der Waals surface area contributed by atoms with Crippen molar-refractivity contribution in [1.82, 2.24) is 5.32 Å². The standard InChI is InChI=1S/C13H18N2O/c1-10(16)13(2,3)15-9-12-7-5-4-6-11(12)8-14/h4-7,10,15-16H,9H2,1-3H3. The molecule has 3 nitrogen and oxygen atoms in total. The molecule has 0 amide bonds. The molecule has 0 aliphatic rings. The van der Waals surface area contributed by atoms with Gasteiger partial charge in [-0.05, 0) is 32.4 Å². The highest BCUT2D eigenvalue weighted by Gasteiger charge is 2.23. The smallest absolute Gasteiger partial charge is 0.0995 e. The fourth-order valence-corrected chi connectivity index (χ4v) is 1.25. The third-order valence-electron chi connectivity index (χ3n) is 2.92. The van der Waals surface area contributed by atoms with Crippen LogP contribution >= 0.6 is 0 Å². The minimum Gasteiger partial charge on any atom is -0.392 e. The molecule has 86 valence electrons. The lowest BCUT2D eigenvalue weighted by Crippen LogP contribution is -2.47. The highest BCUT2D eigenvalue weighted by atomic mass is 16.3. The Bertz CT molecular complexity index is 391. The number of aliphatic hydroxyl groups is 1. The predicted molar refractivity (Wildman–Crippen MR) is 63.8 cm³/mol. The molecular weight excluding hydrogens is 200 g/mol. The predicted octanol–water partition coefficient (Wildman–Crippen LogP) is 1.81. The lowest BCUT2D eigenvalue weighted by atomic mass is 9.98. The van der Waals surface area contributed by atoms with Crippen LogP contribution < -0.4 is 5.32 Å². The van der Waals surface area contributed by atoms with Crippen LogP contribution in [0, 0.1) is 11.3 Å². The van der Waals surface area contributed by atoms with Crippen LogP contribution in [0.2, 0.25) is 0 Å². The highest BCUT2D eigenvalue weighted by molar-refractivity contribution is 5.37. The molecule has 3 heteroatoms. The number of hydrogen-bond donors (Lipinski definition) is 2. The number of nitriles is 1. The highest BCUT2D eigenvalue weighted by Crippen LogP contribution is 2.12. The third kappa shape index (κ3) is 3.06. The van der Waals surface area contributed by atoms with E-state index in [0.717, 1.165) is 5.56 Å². The van der Waals surface area contributed by atoms with E-state index in [2.05, 4.69) is 11.4 Å². The van der Waals surface area contributed by atoms with E-state index in [0.29, 0.717) is 12.1 Å². The average molecular weight is 218 g/mol. The Hall–Kier alpha value is -1.37. The quantitative estimate of drug-likeness (QED) is 0.810. The number of rotatable bonds is 4. The first-order chi connectivity index (χ1) is 7.47. The van der Waals surface area contributed by atoms with Crippen LogP contribution in [0.3, 0.4) is 0 Å². The van der Waals surface area contributed by atoms with Crippen LogP contribution in [-0.2, 0) is 6.54 Å². The van der Waals surface area contributed by atoms with Gasteiger partial charge in [-0.25, -0.2) is 0 Å². The van der Waals surface area contributed by atoms with Crippen LogP contribution in [-0.4, -0.2) is 16.7 Å². The largest absolute Gasteiger partial charge is 0.392 e. The summed E-state index contributed by atoms with van der Waals surface area (Å²) in [6, 6.07) is 9.64. The SMILES string of the molecule is CC(O)C(C)(C)NCc1ccccc1C#N. The molecular formula is C13H18N2O. The zero-order chi connectivity index (χ0) is 12.2. The normalized spacial score (nSPS) is 13.2. The monoisotopic (exact) mass is 218 g/mol. The lowest BCUT2D eigenvalue weighted by Gasteiger charge is -2.29. The van der Waals surface area contributed by atoms with Crippen LogP contribution in [0.15, 0.2) is 24.3 Å². The van der Waals surface area contributed by atoms with Crippen LogP contribution in [0.5, 0.6) is 0 Å². The Labute approximate surface area is 96.7 Å². The maximum Gasteiger partial charge on any atom is 0.0995 e. The van der Waals surface area contributed by atoms with Gasteiger partial charge < -0.3 is 10.4 Å². The van der Waals surface area contributed by atoms with Gasteiger partial charge in [-0.1, -0.05) is 18.2 Å². The van der Waals surface area contributed by atoms with Gasteiger partial charge in [0.1, 0.15) is 0 Å². The van der Waals surface area contributed by atoms with Crippen molar-refractivity contribution < 1.29 is 5.11 Å². The van der Waals surface area contributed by atoms with Crippen LogP contribution in [0.25, 0.3) is 0 Å². The summed E-state index contributed by atoms with van der Waals surface area (Å²) in [5, 5.41) is 21.7. The second kappa shape index (κ2) is 5.11. The zero-order valence-electron chi connectivity index (χ0n) is 9.99. The molecule has 0 saturated carbocycles. The van der Waals surface area contributed by atoms with E-state index in [9.17, 15) is 5.11 Å². The van der Waals surface area contributed by atoms with E-state index in [1.807, 2.05) is 32.0 Å². The Morgan fingerprint density at radius 2 is 2.06 bits per heavy atom. The molecule has 1 atom stereocenters. The van der Waals surface area contributed by atoms with E-state index >= 15 is 0 Å². The molecule has 0 bridgehead atoms. The van der Waals surface area contributed by atoms with Gasteiger partial charge in [0.2, 0.25) is 0 Å². The molecule has 1 aromatic rings. The Morgan fingerprint density at radius 1 is 1.44 bits per heavy atom. The van der Waals surface area contributed by atoms with Gasteiger partial charge in [0.15, 0.2) is 0 Å². The number of aliphatic hydroxyl groups excluding tert-OH is 1. The van der Waals surface area contributed by atoms with Gasteiger partial charge in [-0.2, -0.15) is 5.26 Å². The average Bonchev–Trinajstić information content (AvgIpc) is 2.26. The number of nitrogens with one attached hydrogen (secondary N) is 1. The molecule has 0 aromatic heterocycles. The van der Waals surface area contributed by atoms with Gasteiger partial charge >= 0.3 is 0 Å². The molecule has 16 heavy (non-hydrogen) atoms. The van der Waals surface area contributed by atoms with Gasteiger partial charge in [0, 0.05) is 12.1 Å². The van der Waals surface area contributed by atoms with Crippen LogP contribution in [0.4, 0.5) is 0 Å². The fraction of sp³-hybridized carbons (Fsp3) is 0.462. The number of hydrogen-bond acceptors (Lipinski definition) is 3. The molecule has 2 N–H and O–H groups in total. The molecule has 0 spiro atoms. The summed E-state index contributed by atoms with van der Waals surface area (Å²) in [7, 11) is 0. The summed E-state index contributed by atoms with van der Waals surface area (Å²) < 4.78 is 0. The summed E-state index contributed by atoms with van der Waals surface area (Å²) in [6.45, 7) is 6.21. The summed E-state index contributed by atoms with van der Waals surface area (Å²) >= 11 is 0. The van der Waals surface area contributed by atoms with Crippen molar-refractivity contribution in [2.24, 2.45) is 0 Å². The first-order valence-electron chi connectivity index (χ1n) is 5.38. The van der Waals surface area contributed by atoms with Crippen molar-refractivity contribution >= 4 is 0 Å². The summed E-state index contributed by atoms with van der Waals surface area (Å²) in [4.78, 5) is 0. The maximum absolute atomic E-state index is 9.56. The van der Waals surface area contributed by atoms with E-state index in [1.165, 1.54) is 0 Å². The van der Waals surface area contributed by atoms with E-state index < -0.39 is 6.10 Å². The van der Waals surface area contributed by atoms with Gasteiger partial charge in [-0.15, -0.1) is 0 Å². The van der Waals surface area contributed by atoms with Crippen molar-refractivity contribution in [1.29, 1.82) is 5.26 Å².